The van der Waals surface area contributed by atoms with Crippen LogP contribution in [-0.2, 0) is 27.2 Å². The summed E-state index contributed by atoms with van der Waals surface area (Å²) in [6.45, 7) is 3.40. The zero-order chi connectivity index (χ0) is 21.3. The van der Waals surface area contributed by atoms with E-state index in [4.69, 9.17) is 0 Å². The Morgan fingerprint density at radius 2 is 1.57 bits per heavy atom. The molecule has 7 nitrogen and oxygen atoms in total. The van der Waals surface area contributed by atoms with Crippen LogP contribution in [0.5, 0.6) is 0 Å². The quantitative estimate of drug-likeness (QED) is 0.537. The van der Waals surface area contributed by atoms with E-state index in [0.29, 0.717) is 23.5 Å². The first-order valence-electron chi connectivity index (χ1n) is 9.93. The SMILES string of the molecule is CC(c1ccccc1)N(Cc1ccccc1)Cc1nc2c([nH]1)c(=O)n(C)c(=O)n2C. The lowest BCUT2D eigenvalue weighted by molar-refractivity contribution is 0.188. The highest BCUT2D eigenvalue weighted by Gasteiger charge is 2.20. The maximum Gasteiger partial charge on any atom is 0.332 e. The summed E-state index contributed by atoms with van der Waals surface area (Å²) in [7, 11) is 3.10. The first-order chi connectivity index (χ1) is 14.5. The third-order valence-electron chi connectivity index (χ3n) is 5.55. The van der Waals surface area contributed by atoms with Crippen LogP contribution < -0.4 is 11.2 Å². The summed E-state index contributed by atoms with van der Waals surface area (Å²) >= 11 is 0. The number of hydrogen-bond acceptors (Lipinski definition) is 4. The van der Waals surface area contributed by atoms with E-state index >= 15 is 0 Å². The molecule has 2 heterocycles. The second kappa shape index (κ2) is 8.12. The van der Waals surface area contributed by atoms with Crippen molar-refractivity contribution in [2.75, 3.05) is 0 Å². The van der Waals surface area contributed by atoms with Gasteiger partial charge in [0.1, 0.15) is 11.3 Å². The molecule has 2 aromatic carbocycles. The summed E-state index contributed by atoms with van der Waals surface area (Å²) in [5.74, 6) is 0.655. The van der Waals surface area contributed by atoms with E-state index in [-0.39, 0.29) is 17.3 Å². The number of fused-ring (bicyclic) bond motifs is 1. The van der Waals surface area contributed by atoms with Crippen LogP contribution in [0.2, 0.25) is 0 Å². The minimum atomic E-state index is -0.385. The van der Waals surface area contributed by atoms with Gasteiger partial charge in [0.2, 0.25) is 0 Å². The monoisotopic (exact) mass is 403 g/mol. The fourth-order valence-electron chi connectivity index (χ4n) is 3.73. The molecule has 0 bridgehead atoms. The molecule has 0 fully saturated rings. The minimum absolute atomic E-state index is 0.131. The molecular formula is C23H25N5O2. The zero-order valence-electron chi connectivity index (χ0n) is 17.4. The number of hydrogen-bond donors (Lipinski definition) is 1. The highest BCUT2D eigenvalue weighted by molar-refractivity contribution is 5.69. The number of nitrogens with one attached hydrogen (secondary N) is 1. The van der Waals surface area contributed by atoms with E-state index in [1.165, 1.54) is 22.7 Å². The summed E-state index contributed by atoms with van der Waals surface area (Å²) in [6.07, 6.45) is 0. The van der Waals surface area contributed by atoms with Crippen LogP contribution in [0.25, 0.3) is 11.2 Å². The Morgan fingerprint density at radius 3 is 2.23 bits per heavy atom. The zero-order valence-corrected chi connectivity index (χ0v) is 17.4. The van der Waals surface area contributed by atoms with Crippen LogP contribution in [-0.4, -0.2) is 24.0 Å². The van der Waals surface area contributed by atoms with Crippen LogP contribution in [0.1, 0.15) is 29.9 Å². The maximum atomic E-state index is 12.5. The molecular weight excluding hydrogens is 378 g/mol. The molecule has 1 unspecified atom stereocenters. The van der Waals surface area contributed by atoms with Crippen molar-refractivity contribution in [3.05, 3.63) is 98.5 Å². The van der Waals surface area contributed by atoms with E-state index < -0.39 is 0 Å². The van der Waals surface area contributed by atoms with E-state index in [1.807, 2.05) is 36.4 Å². The number of nitrogens with zero attached hydrogens (tertiary/aromatic N) is 4. The van der Waals surface area contributed by atoms with Gasteiger partial charge in [-0.1, -0.05) is 60.7 Å². The van der Waals surface area contributed by atoms with Gasteiger partial charge in [0.05, 0.1) is 6.54 Å². The van der Waals surface area contributed by atoms with Crippen molar-refractivity contribution >= 4 is 11.2 Å². The molecule has 0 spiro atoms. The maximum absolute atomic E-state index is 12.5. The highest BCUT2D eigenvalue weighted by Crippen LogP contribution is 2.24. The van der Waals surface area contributed by atoms with Gasteiger partial charge in [-0.05, 0) is 18.1 Å². The molecule has 0 aliphatic carbocycles. The number of imidazole rings is 1. The van der Waals surface area contributed by atoms with E-state index in [0.717, 1.165) is 11.1 Å². The van der Waals surface area contributed by atoms with Crippen molar-refractivity contribution in [1.82, 2.24) is 24.0 Å². The second-order valence-corrected chi connectivity index (χ2v) is 7.57. The van der Waals surface area contributed by atoms with Gasteiger partial charge < -0.3 is 4.98 Å². The molecule has 1 N–H and O–H groups in total. The molecule has 30 heavy (non-hydrogen) atoms. The Hall–Kier alpha value is -3.45. The number of aryl methyl sites for hydroxylation is 1. The third kappa shape index (κ3) is 3.71. The Labute approximate surface area is 174 Å². The normalized spacial score (nSPS) is 12.5. The predicted octanol–water partition coefficient (Wildman–Crippen LogP) is 2.72. The molecule has 1 atom stereocenters. The highest BCUT2D eigenvalue weighted by atomic mass is 16.2. The fourth-order valence-corrected chi connectivity index (χ4v) is 3.73. The minimum Gasteiger partial charge on any atom is -0.335 e. The first kappa shape index (κ1) is 19.8. The van der Waals surface area contributed by atoms with Gasteiger partial charge in [-0.3, -0.25) is 18.8 Å². The molecule has 0 radical (unpaired) electrons. The standard InChI is InChI=1S/C23H25N5O2/c1-16(18-12-8-5-9-13-18)28(14-17-10-6-4-7-11-17)15-19-24-20-21(25-19)26(2)23(30)27(3)22(20)29/h4-13,16H,14-15H2,1-3H3,(H,24,25). The lowest BCUT2D eigenvalue weighted by Gasteiger charge is -2.29. The van der Waals surface area contributed by atoms with E-state index in [2.05, 4.69) is 46.1 Å². The molecule has 4 aromatic rings. The fraction of sp³-hybridized carbons (Fsp3) is 0.261. The summed E-state index contributed by atoms with van der Waals surface area (Å²) in [5, 5.41) is 0. The summed E-state index contributed by atoms with van der Waals surface area (Å²) < 4.78 is 2.50. The molecule has 2 aromatic heterocycles. The summed E-state index contributed by atoms with van der Waals surface area (Å²) in [4.78, 5) is 34.8. The van der Waals surface area contributed by atoms with Gasteiger partial charge in [0.25, 0.3) is 5.56 Å². The molecule has 7 heteroatoms. The van der Waals surface area contributed by atoms with Crippen molar-refractivity contribution in [3.63, 3.8) is 0 Å². The average Bonchev–Trinajstić information content (AvgIpc) is 3.21. The van der Waals surface area contributed by atoms with Gasteiger partial charge in [-0.25, -0.2) is 9.78 Å². The lowest BCUT2D eigenvalue weighted by atomic mass is 10.1. The van der Waals surface area contributed by atoms with Crippen LogP contribution in [0.4, 0.5) is 0 Å². The van der Waals surface area contributed by atoms with Crippen molar-refractivity contribution < 1.29 is 0 Å². The van der Waals surface area contributed by atoms with Crippen molar-refractivity contribution in [3.8, 4) is 0 Å². The molecule has 0 saturated heterocycles. The van der Waals surface area contributed by atoms with Crippen LogP contribution in [0.3, 0.4) is 0 Å². The molecule has 154 valence electrons. The van der Waals surface area contributed by atoms with Crippen LogP contribution in [0.15, 0.2) is 70.3 Å². The van der Waals surface area contributed by atoms with Gasteiger partial charge in [-0.15, -0.1) is 0 Å². The van der Waals surface area contributed by atoms with Crippen molar-refractivity contribution in [2.24, 2.45) is 14.1 Å². The van der Waals surface area contributed by atoms with Crippen LogP contribution >= 0.6 is 0 Å². The average molecular weight is 403 g/mol. The Balaban J connectivity index is 1.73. The molecule has 0 aliphatic rings. The first-order valence-corrected chi connectivity index (χ1v) is 9.93. The predicted molar refractivity (Wildman–Crippen MR) is 117 cm³/mol. The Bertz CT molecular complexity index is 1270. The van der Waals surface area contributed by atoms with Crippen molar-refractivity contribution in [2.45, 2.75) is 26.1 Å². The smallest absolute Gasteiger partial charge is 0.332 e. The third-order valence-corrected chi connectivity index (χ3v) is 5.55. The Kier molecular flexibility index (Phi) is 5.37. The summed E-state index contributed by atoms with van der Waals surface area (Å²) in [6, 6.07) is 20.7. The van der Waals surface area contributed by atoms with Gasteiger partial charge in [-0.2, -0.15) is 0 Å². The van der Waals surface area contributed by atoms with Gasteiger partial charge in [0.15, 0.2) is 5.65 Å². The summed E-state index contributed by atoms with van der Waals surface area (Å²) in [5.41, 5.74) is 2.38. The number of benzene rings is 2. The largest absolute Gasteiger partial charge is 0.335 e. The Morgan fingerprint density at radius 1 is 0.933 bits per heavy atom. The molecule has 4 rings (SSSR count). The second-order valence-electron chi connectivity index (χ2n) is 7.57. The number of H-pyrrole nitrogens is 1. The number of rotatable bonds is 6. The van der Waals surface area contributed by atoms with Gasteiger partial charge in [0, 0.05) is 26.7 Å². The van der Waals surface area contributed by atoms with E-state index in [9.17, 15) is 9.59 Å². The molecule has 0 saturated carbocycles. The number of aromatic amines is 1. The van der Waals surface area contributed by atoms with Gasteiger partial charge >= 0.3 is 5.69 Å². The lowest BCUT2D eigenvalue weighted by Crippen LogP contribution is -2.36. The van der Waals surface area contributed by atoms with Crippen LogP contribution in [0, 0.1) is 0 Å². The molecule has 0 aliphatic heterocycles. The molecule has 0 amide bonds. The van der Waals surface area contributed by atoms with Crippen molar-refractivity contribution in [1.29, 1.82) is 0 Å². The number of aromatic nitrogens is 4. The van der Waals surface area contributed by atoms with E-state index in [1.54, 1.807) is 7.05 Å². The topological polar surface area (TPSA) is 75.9 Å².